The number of carboxylic acid groups (broad SMARTS) is 1. The first-order valence-corrected chi connectivity index (χ1v) is 6.28. The Hall–Kier alpha value is -1.84. The Morgan fingerprint density at radius 2 is 1.84 bits per heavy atom. The van der Waals surface area contributed by atoms with Gasteiger partial charge in [0, 0.05) is 0 Å². The summed E-state index contributed by atoms with van der Waals surface area (Å²) in [5.74, 6) is -1.28. The number of hydrogen-bond acceptors (Lipinski definition) is 2. The fraction of sp³-hybridized carbons (Fsp3) is 0.467. The van der Waals surface area contributed by atoms with Gasteiger partial charge in [0.2, 0.25) is 5.91 Å². The molecule has 19 heavy (non-hydrogen) atoms. The molecule has 0 aromatic heterocycles. The third-order valence-electron chi connectivity index (χ3n) is 3.03. The molecule has 0 saturated heterocycles. The standard InChI is InChI=1S/C15H21NO3/c1-10-7-5-6-8-11(10)9-12(17)16-13(14(18)19)15(2,3)4/h5-8,13H,9H2,1-4H3,(H,16,17)(H,18,19)/t13-/m1/s1. The molecule has 0 aliphatic carbocycles. The van der Waals surface area contributed by atoms with Crippen molar-refractivity contribution in [2.75, 3.05) is 0 Å². The van der Waals surface area contributed by atoms with Crippen LogP contribution >= 0.6 is 0 Å². The smallest absolute Gasteiger partial charge is 0.326 e. The summed E-state index contributed by atoms with van der Waals surface area (Å²) >= 11 is 0. The average molecular weight is 263 g/mol. The molecule has 1 rings (SSSR count). The van der Waals surface area contributed by atoms with Crippen molar-refractivity contribution in [2.24, 2.45) is 5.41 Å². The molecule has 0 unspecified atom stereocenters. The summed E-state index contributed by atoms with van der Waals surface area (Å²) in [5.41, 5.74) is 1.42. The number of carbonyl (C=O) groups excluding carboxylic acids is 1. The molecule has 1 aromatic rings. The summed E-state index contributed by atoms with van der Waals surface area (Å²) in [7, 11) is 0. The third-order valence-corrected chi connectivity index (χ3v) is 3.03. The van der Waals surface area contributed by atoms with E-state index >= 15 is 0 Å². The molecule has 1 aromatic carbocycles. The number of aliphatic carboxylic acids is 1. The highest BCUT2D eigenvalue weighted by molar-refractivity contribution is 5.85. The van der Waals surface area contributed by atoms with E-state index in [-0.39, 0.29) is 12.3 Å². The molecular formula is C15H21NO3. The van der Waals surface area contributed by atoms with Crippen LogP contribution in [-0.4, -0.2) is 23.0 Å². The molecule has 1 amide bonds. The average Bonchev–Trinajstić information content (AvgIpc) is 2.27. The Kier molecular flexibility index (Phi) is 4.70. The largest absolute Gasteiger partial charge is 0.480 e. The molecule has 4 nitrogen and oxygen atoms in total. The van der Waals surface area contributed by atoms with Crippen molar-refractivity contribution in [1.29, 1.82) is 0 Å². The van der Waals surface area contributed by atoms with Crippen LogP contribution < -0.4 is 5.32 Å². The van der Waals surface area contributed by atoms with Gasteiger partial charge < -0.3 is 10.4 Å². The van der Waals surface area contributed by atoms with E-state index in [1.165, 1.54) is 0 Å². The Balaban J connectivity index is 2.75. The van der Waals surface area contributed by atoms with Gasteiger partial charge in [-0.2, -0.15) is 0 Å². The second-order valence-corrected chi connectivity index (χ2v) is 5.81. The van der Waals surface area contributed by atoms with Crippen molar-refractivity contribution >= 4 is 11.9 Å². The maximum absolute atomic E-state index is 12.0. The summed E-state index contributed by atoms with van der Waals surface area (Å²) in [6, 6.07) is 6.70. The molecule has 1 atom stereocenters. The molecule has 4 heteroatoms. The van der Waals surface area contributed by atoms with Crippen LogP contribution in [0.4, 0.5) is 0 Å². The molecule has 0 aliphatic rings. The predicted molar refractivity (Wildman–Crippen MR) is 73.9 cm³/mol. The van der Waals surface area contributed by atoms with E-state index in [1.54, 1.807) is 20.8 Å². The van der Waals surface area contributed by atoms with E-state index in [0.29, 0.717) is 0 Å². The zero-order chi connectivity index (χ0) is 14.6. The normalized spacial score (nSPS) is 12.8. The van der Waals surface area contributed by atoms with Gasteiger partial charge in [0.15, 0.2) is 0 Å². The molecule has 0 aliphatic heterocycles. The van der Waals surface area contributed by atoms with E-state index in [4.69, 9.17) is 5.11 Å². The SMILES string of the molecule is Cc1ccccc1CC(=O)N[C@H](C(=O)O)C(C)(C)C. The molecular weight excluding hydrogens is 242 g/mol. The Morgan fingerprint density at radius 1 is 1.26 bits per heavy atom. The van der Waals surface area contributed by atoms with Gasteiger partial charge in [-0.05, 0) is 23.5 Å². The molecule has 0 radical (unpaired) electrons. The minimum absolute atomic E-state index is 0.201. The van der Waals surface area contributed by atoms with Crippen molar-refractivity contribution in [2.45, 2.75) is 40.2 Å². The zero-order valence-corrected chi connectivity index (χ0v) is 11.9. The molecule has 0 fully saturated rings. The maximum atomic E-state index is 12.0. The summed E-state index contributed by atoms with van der Waals surface area (Å²) in [4.78, 5) is 23.1. The van der Waals surface area contributed by atoms with Crippen LogP contribution in [0.3, 0.4) is 0 Å². The minimum atomic E-state index is -1.01. The number of amides is 1. The molecule has 2 N–H and O–H groups in total. The van der Waals surface area contributed by atoms with Gasteiger partial charge in [-0.15, -0.1) is 0 Å². The number of nitrogens with one attached hydrogen (secondary N) is 1. The van der Waals surface area contributed by atoms with Crippen molar-refractivity contribution in [3.8, 4) is 0 Å². The van der Waals surface area contributed by atoms with Crippen LogP contribution in [0.5, 0.6) is 0 Å². The van der Waals surface area contributed by atoms with E-state index in [9.17, 15) is 9.59 Å². The highest BCUT2D eigenvalue weighted by Gasteiger charge is 2.32. The lowest BCUT2D eigenvalue weighted by atomic mass is 9.86. The Labute approximate surface area is 113 Å². The molecule has 0 bridgehead atoms. The lowest BCUT2D eigenvalue weighted by Crippen LogP contribution is -2.49. The van der Waals surface area contributed by atoms with Gasteiger partial charge in [0.25, 0.3) is 0 Å². The van der Waals surface area contributed by atoms with E-state index in [0.717, 1.165) is 11.1 Å². The van der Waals surface area contributed by atoms with Crippen molar-refractivity contribution in [3.05, 3.63) is 35.4 Å². The van der Waals surface area contributed by atoms with Gasteiger partial charge in [-0.3, -0.25) is 4.79 Å². The van der Waals surface area contributed by atoms with Gasteiger partial charge in [0.05, 0.1) is 6.42 Å². The van der Waals surface area contributed by atoms with Crippen LogP contribution in [-0.2, 0) is 16.0 Å². The van der Waals surface area contributed by atoms with Gasteiger partial charge in [-0.1, -0.05) is 45.0 Å². The van der Waals surface area contributed by atoms with Crippen LogP contribution in [0, 0.1) is 12.3 Å². The number of hydrogen-bond donors (Lipinski definition) is 2. The van der Waals surface area contributed by atoms with Crippen molar-refractivity contribution in [1.82, 2.24) is 5.32 Å². The second-order valence-electron chi connectivity index (χ2n) is 5.81. The highest BCUT2D eigenvalue weighted by atomic mass is 16.4. The Morgan fingerprint density at radius 3 is 2.32 bits per heavy atom. The van der Waals surface area contributed by atoms with Crippen molar-refractivity contribution < 1.29 is 14.7 Å². The Bertz CT molecular complexity index is 475. The number of carboxylic acids is 1. The molecule has 104 valence electrons. The molecule has 0 spiro atoms. The first-order valence-electron chi connectivity index (χ1n) is 6.28. The number of benzene rings is 1. The first kappa shape index (κ1) is 15.2. The van der Waals surface area contributed by atoms with E-state index in [2.05, 4.69) is 5.32 Å². The zero-order valence-electron chi connectivity index (χ0n) is 11.9. The first-order chi connectivity index (χ1) is 8.71. The second kappa shape index (κ2) is 5.87. The lowest BCUT2D eigenvalue weighted by Gasteiger charge is -2.27. The minimum Gasteiger partial charge on any atom is -0.480 e. The molecule has 0 heterocycles. The van der Waals surface area contributed by atoms with Crippen molar-refractivity contribution in [3.63, 3.8) is 0 Å². The van der Waals surface area contributed by atoms with Crippen LogP contribution in [0.15, 0.2) is 24.3 Å². The third kappa shape index (κ3) is 4.39. The highest BCUT2D eigenvalue weighted by Crippen LogP contribution is 2.19. The van der Waals surface area contributed by atoms with Crippen LogP contribution in [0.25, 0.3) is 0 Å². The van der Waals surface area contributed by atoms with Gasteiger partial charge in [-0.25, -0.2) is 4.79 Å². The summed E-state index contributed by atoms with van der Waals surface area (Å²) in [5, 5.41) is 11.8. The topological polar surface area (TPSA) is 66.4 Å². The summed E-state index contributed by atoms with van der Waals surface area (Å²) in [6.45, 7) is 7.31. The van der Waals surface area contributed by atoms with Gasteiger partial charge >= 0.3 is 5.97 Å². The van der Waals surface area contributed by atoms with E-state index in [1.807, 2.05) is 31.2 Å². The monoisotopic (exact) mass is 263 g/mol. The fourth-order valence-electron chi connectivity index (χ4n) is 1.84. The number of aryl methyl sites for hydroxylation is 1. The maximum Gasteiger partial charge on any atom is 0.326 e. The fourth-order valence-corrected chi connectivity index (χ4v) is 1.84. The quantitative estimate of drug-likeness (QED) is 0.874. The van der Waals surface area contributed by atoms with E-state index < -0.39 is 17.4 Å². The molecule has 0 saturated carbocycles. The van der Waals surface area contributed by atoms with Gasteiger partial charge in [0.1, 0.15) is 6.04 Å². The number of rotatable bonds is 4. The lowest BCUT2D eigenvalue weighted by molar-refractivity contribution is -0.144. The predicted octanol–water partition coefficient (Wildman–Crippen LogP) is 2.15. The summed E-state index contributed by atoms with van der Waals surface area (Å²) in [6.07, 6.45) is 0.201. The van der Waals surface area contributed by atoms with Crippen LogP contribution in [0.2, 0.25) is 0 Å². The summed E-state index contributed by atoms with van der Waals surface area (Å²) < 4.78 is 0. The number of carbonyl (C=O) groups is 2. The van der Waals surface area contributed by atoms with Crippen LogP contribution in [0.1, 0.15) is 31.9 Å².